The van der Waals surface area contributed by atoms with Crippen molar-refractivity contribution in [2.24, 2.45) is 5.92 Å². The number of ether oxygens (including phenoxy) is 1. The molecule has 0 radical (unpaired) electrons. The molecule has 31 heavy (non-hydrogen) atoms. The summed E-state index contributed by atoms with van der Waals surface area (Å²) in [4.78, 5) is 15.4. The number of thiophene rings is 1. The summed E-state index contributed by atoms with van der Waals surface area (Å²) >= 11 is 1.23. The highest BCUT2D eigenvalue weighted by Crippen LogP contribution is 2.27. The van der Waals surface area contributed by atoms with Gasteiger partial charge >= 0.3 is 0 Å². The zero-order chi connectivity index (χ0) is 21.7. The second kappa shape index (κ2) is 10.2. The minimum Gasteiger partial charge on any atom is -0.379 e. The van der Waals surface area contributed by atoms with Gasteiger partial charge < -0.3 is 10.1 Å². The number of piperidine rings is 1. The van der Waals surface area contributed by atoms with Gasteiger partial charge in [0, 0.05) is 38.6 Å². The second-order valence-electron chi connectivity index (χ2n) is 8.00. The molecule has 1 aromatic heterocycles. The standard InChI is InChI=1S/C22H29N3O4S2/c26-22(19-8-10-25(11-9-19)31(27,28)21-7-4-16-30-21)23-20(18-5-2-1-3-6-18)17-24-12-14-29-15-13-24/h1-7,16,19-20H,8-15,17H2,(H,23,26)/t20-/m1/s1. The molecule has 7 nitrogen and oxygen atoms in total. The molecule has 1 N–H and O–H groups in total. The first-order chi connectivity index (χ1) is 15.0. The van der Waals surface area contributed by atoms with E-state index in [1.54, 1.807) is 17.5 Å². The maximum absolute atomic E-state index is 13.1. The molecule has 0 bridgehead atoms. The minimum absolute atomic E-state index is 0.00952. The highest BCUT2D eigenvalue weighted by Gasteiger charge is 2.33. The third-order valence-electron chi connectivity index (χ3n) is 5.98. The Balaban J connectivity index is 1.37. The Kier molecular flexibility index (Phi) is 7.39. The van der Waals surface area contributed by atoms with Crippen molar-refractivity contribution in [3.63, 3.8) is 0 Å². The lowest BCUT2D eigenvalue weighted by molar-refractivity contribution is -0.127. The highest BCUT2D eigenvalue weighted by atomic mass is 32.2. The van der Waals surface area contributed by atoms with Crippen LogP contribution in [0.25, 0.3) is 0 Å². The molecule has 9 heteroatoms. The fourth-order valence-electron chi connectivity index (χ4n) is 4.15. The van der Waals surface area contributed by atoms with E-state index in [1.807, 2.05) is 30.3 Å². The molecule has 2 aromatic rings. The van der Waals surface area contributed by atoms with Gasteiger partial charge in [-0.1, -0.05) is 36.4 Å². The van der Waals surface area contributed by atoms with Crippen molar-refractivity contribution in [1.82, 2.24) is 14.5 Å². The van der Waals surface area contributed by atoms with Gasteiger partial charge in [-0.05, 0) is 29.9 Å². The lowest BCUT2D eigenvalue weighted by Gasteiger charge is -2.33. The lowest BCUT2D eigenvalue weighted by atomic mass is 9.96. The Bertz CT molecular complexity index is 936. The third-order valence-corrected chi connectivity index (χ3v) is 9.25. The first-order valence-electron chi connectivity index (χ1n) is 10.7. The Morgan fingerprint density at radius 2 is 1.77 bits per heavy atom. The van der Waals surface area contributed by atoms with Gasteiger partial charge in [-0.3, -0.25) is 9.69 Å². The first-order valence-corrected chi connectivity index (χ1v) is 13.0. The molecule has 4 rings (SSSR count). The number of nitrogens with zero attached hydrogens (tertiary/aromatic N) is 2. The highest BCUT2D eigenvalue weighted by molar-refractivity contribution is 7.91. The molecule has 2 fully saturated rings. The molecule has 2 saturated heterocycles. The molecule has 2 aliphatic heterocycles. The van der Waals surface area contributed by atoms with Crippen molar-refractivity contribution < 1.29 is 17.9 Å². The average molecular weight is 464 g/mol. The summed E-state index contributed by atoms with van der Waals surface area (Å²) in [6.45, 7) is 4.63. The first kappa shape index (κ1) is 22.4. The van der Waals surface area contributed by atoms with Crippen molar-refractivity contribution >= 4 is 27.3 Å². The van der Waals surface area contributed by atoms with Crippen LogP contribution >= 0.6 is 11.3 Å². The number of hydrogen-bond acceptors (Lipinski definition) is 6. The third kappa shape index (κ3) is 5.53. The van der Waals surface area contributed by atoms with Crippen molar-refractivity contribution in [3.05, 3.63) is 53.4 Å². The van der Waals surface area contributed by atoms with Crippen LogP contribution in [-0.4, -0.2) is 69.5 Å². The van der Waals surface area contributed by atoms with Crippen LogP contribution in [0.3, 0.4) is 0 Å². The van der Waals surface area contributed by atoms with E-state index in [2.05, 4.69) is 10.2 Å². The van der Waals surface area contributed by atoms with Crippen molar-refractivity contribution in [2.75, 3.05) is 45.9 Å². The molecular formula is C22H29N3O4S2. The Morgan fingerprint density at radius 1 is 1.06 bits per heavy atom. The van der Waals surface area contributed by atoms with Gasteiger partial charge in [0.1, 0.15) is 4.21 Å². The maximum Gasteiger partial charge on any atom is 0.252 e. The Morgan fingerprint density at radius 3 is 2.42 bits per heavy atom. The Labute approximate surface area is 188 Å². The smallest absolute Gasteiger partial charge is 0.252 e. The van der Waals surface area contributed by atoms with Crippen LogP contribution in [-0.2, 0) is 19.6 Å². The van der Waals surface area contributed by atoms with E-state index in [0.717, 1.165) is 25.2 Å². The minimum atomic E-state index is -3.45. The predicted molar refractivity (Wildman–Crippen MR) is 120 cm³/mol. The van der Waals surface area contributed by atoms with Gasteiger partial charge in [0.15, 0.2) is 0 Å². The monoisotopic (exact) mass is 463 g/mol. The summed E-state index contributed by atoms with van der Waals surface area (Å²) in [6.07, 6.45) is 1.07. The van der Waals surface area contributed by atoms with Gasteiger partial charge in [-0.2, -0.15) is 4.31 Å². The van der Waals surface area contributed by atoms with Crippen LogP contribution in [0.4, 0.5) is 0 Å². The maximum atomic E-state index is 13.1. The number of hydrogen-bond donors (Lipinski definition) is 1. The summed E-state index contributed by atoms with van der Waals surface area (Å²) in [7, 11) is -3.45. The molecular weight excluding hydrogens is 434 g/mol. The van der Waals surface area contributed by atoms with E-state index in [4.69, 9.17) is 4.74 Å². The number of sulfonamides is 1. The topological polar surface area (TPSA) is 79.0 Å². The van der Waals surface area contributed by atoms with Crippen molar-refractivity contribution in [1.29, 1.82) is 0 Å². The normalized spacial score (nSPS) is 20.4. The molecule has 1 atom stereocenters. The van der Waals surface area contributed by atoms with Crippen molar-refractivity contribution in [3.8, 4) is 0 Å². The molecule has 1 aromatic carbocycles. The average Bonchev–Trinajstić information content (AvgIpc) is 3.36. The van der Waals surface area contributed by atoms with Crippen LogP contribution < -0.4 is 5.32 Å². The van der Waals surface area contributed by atoms with Gasteiger partial charge in [0.2, 0.25) is 5.91 Å². The molecule has 0 spiro atoms. The number of amides is 1. The SMILES string of the molecule is O=C(N[C@H](CN1CCOCC1)c1ccccc1)C1CCN(S(=O)(=O)c2cccs2)CC1. The summed E-state index contributed by atoms with van der Waals surface area (Å²) in [5.74, 6) is -0.166. The van der Waals surface area contributed by atoms with Crippen LogP contribution in [0.5, 0.6) is 0 Å². The number of morpholine rings is 1. The summed E-state index contributed by atoms with van der Waals surface area (Å²) < 4.78 is 32.8. The van der Waals surface area contributed by atoms with Crippen LogP contribution in [0.1, 0.15) is 24.4 Å². The molecule has 168 valence electrons. The number of carbonyl (C=O) groups is 1. The van der Waals surface area contributed by atoms with E-state index >= 15 is 0 Å². The quantitative estimate of drug-likeness (QED) is 0.682. The van der Waals surface area contributed by atoms with E-state index in [1.165, 1.54) is 15.6 Å². The largest absolute Gasteiger partial charge is 0.379 e. The fourth-order valence-corrected chi connectivity index (χ4v) is 6.76. The van der Waals surface area contributed by atoms with E-state index < -0.39 is 10.0 Å². The van der Waals surface area contributed by atoms with Gasteiger partial charge in [0.05, 0.1) is 19.3 Å². The summed E-state index contributed by atoms with van der Waals surface area (Å²) in [5.41, 5.74) is 1.08. The van der Waals surface area contributed by atoms with Crippen LogP contribution in [0.15, 0.2) is 52.1 Å². The van der Waals surface area contributed by atoms with Gasteiger partial charge in [-0.15, -0.1) is 11.3 Å². The van der Waals surface area contributed by atoms with Crippen LogP contribution in [0, 0.1) is 5.92 Å². The number of benzene rings is 1. The molecule has 0 unspecified atom stereocenters. The molecule has 2 aliphatic rings. The van der Waals surface area contributed by atoms with Crippen LogP contribution in [0.2, 0.25) is 0 Å². The number of rotatable bonds is 7. The Hall–Kier alpha value is -1.78. The second-order valence-corrected chi connectivity index (χ2v) is 11.1. The molecule has 3 heterocycles. The predicted octanol–water partition coefficient (Wildman–Crippen LogP) is 2.34. The molecule has 1 amide bonds. The zero-order valence-corrected chi connectivity index (χ0v) is 19.1. The lowest BCUT2D eigenvalue weighted by Crippen LogP contribution is -2.46. The zero-order valence-electron chi connectivity index (χ0n) is 17.5. The van der Waals surface area contributed by atoms with Crippen molar-refractivity contribution in [2.45, 2.75) is 23.1 Å². The van der Waals surface area contributed by atoms with E-state index in [9.17, 15) is 13.2 Å². The van der Waals surface area contributed by atoms with Gasteiger partial charge in [0.25, 0.3) is 10.0 Å². The summed E-state index contributed by atoms with van der Waals surface area (Å²) in [6, 6.07) is 13.3. The van der Waals surface area contributed by atoms with Gasteiger partial charge in [-0.25, -0.2) is 8.42 Å². The summed E-state index contributed by atoms with van der Waals surface area (Å²) in [5, 5.41) is 5.01. The molecule has 0 saturated carbocycles. The van der Waals surface area contributed by atoms with E-state index in [0.29, 0.717) is 43.4 Å². The fraction of sp³-hybridized carbons (Fsp3) is 0.500. The van der Waals surface area contributed by atoms with E-state index in [-0.39, 0.29) is 17.9 Å². The number of nitrogens with one attached hydrogen (secondary N) is 1. The number of carbonyl (C=O) groups excluding carboxylic acids is 1. The molecule has 0 aliphatic carbocycles.